The lowest BCUT2D eigenvalue weighted by Gasteiger charge is -2.03. The highest BCUT2D eigenvalue weighted by atomic mass is 19.4. The maximum absolute atomic E-state index is 12.5. The number of hydrogen-bond donors (Lipinski definition) is 0. The van der Waals surface area contributed by atoms with Crippen molar-refractivity contribution in [2.75, 3.05) is 0 Å². The van der Waals surface area contributed by atoms with E-state index in [0.717, 1.165) is 12.8 Å². The summed E-state index contributed by atoms with van der Waals surface area (Å²) in [6.07, 6.45) is -0.829. The van der Waals surface area contributed by atoms with Gasteiger partial charge in [0.05, 0.1) is 0 Å². The molecule has 0 amide bonds. The van der Waals surface area contributed by atoms with Crippen molar-refractivity contribution in [2.45, 2.75) is 32.0 Å². The van der Waals surface area contributed by atoms with E-state index >= 15 is 0 Å². The van der Waals surface area contributed by atoms with Crippen molar-refractivity contribution in [3.8, 4) is 0 Å². The van der Waals surface area contributed by atoms with Crippen LogP contribution in [0, 0.1) is 5.92 Å². The molecule has 0 saturated heterocycles. The van der Waals surface area contributed by atoms with Gasteiger partial charge in [0.1, 0.15) is 6.29 Å². The number of hydrogen-bond acceptors (Lipinski definition) is 2. The van der Waals surface area contributed by atoms with E-state index in [1.54, 1.807) is 0 Å². The largest absolute Gasteiger partial charge is 0.435 e. The second-order valence-electron chi connectivity index (χ2n) is 4.04. The molecular weight excluding hydrogens is 221 g/mol. The van der Waals surface area contributed by atoms with E-state index in [-0.39, 0.29) is 12.0 Å². The summed E-state index contributed by atoms with van der Waals surface area (Å²) in [5.74, 6) is 0.449. The third kappa shape index (κ3) is 2.43. The van der Waals surface area contributed by atoms with Gasteiger partial charge in [-0.05, 0) is 18.8 Å². The van der Waals surface area contributed by atoms with Crippen molar-refractivity contribution in [1.82, 2.24) is 9.78 Å². The molecule has 0 bridgehead atoms. The third-order valence-corrected chi connectivity index (χ3v) is 2.55. The monoisotopic (exact) mass is 232 g/mol. The first-order valence-corrected chi connectivity index (χ1v) is 5.08. The maximum Gasteiger partial charge on any atom is 0.435 e. The highest BCUT2D eigenvalue weighted by molar-refractivity contribution is 5.55. The fraction of sp³-hybridized carbons (Fsp3) is 0.600. The SMILES string of the molecule is O=CCc1cn(CC2CC2)nc1C(F)(F)F. The second kappa shape index (κ2) is 3.92. The van der Waals surface area contributed by atoms with Crippen molar-refractivity contribution in [2.24, 2.45) is 5.92 Å². The molecule has 1 aliphatic carbocycles. The van der Waals surface area contributed by atoms with Crippen molar-refractivity contribution < 1.29 is 18.0 Å². The smallest absolute Gasteiger partial charge is 0.303 e. The Morgan fingerprint density at radius 2 is 2.19 bits per heavy atom. The van der Waals surface area contributed by atoms with E-state index < -0.39 is 11.9 Å². The van der Waals surface area contributed by atoms with Crippen molar-refractivity contribution in [1.29, 1.82) is 0 Å². The quantitative estimate of drug-likeness (QED) is 0.745. The molecule has 0 atom stereocenters. The highest BCUT2D eigenvalue weighted by Crippen LogP contribution is 2.33. The molecule has 1 heterocycles. The Balaban J connectivity index is 2.24. The van der Waals surface area contributed by atoms with Crippen LogP contribution in [0.15, 0.2) is 6.20 Å². The van der Waals surface area contributed by atoms with Gasteiger partial charge in [-0.1, -0.05) is 0 Å². The minimum atomic E-state index is -4.48. The van der Waals surface area contributed by atoms with Gasteiger partial charge < -0.3 is 4.79 Å². The van der Waals surface area contributed by atoms with Gasteiger partial charge in [0.15, 0.2) is 5.69 Å². The fourth-order valence-corrected chi connectivity index (χ4v) is 1.60. The molecule has 0 radical (unpaired) electrons. The Bertz CT molecular complexity index is 393. The van der Waals surface area contributed by atoms with Crippen molar-refractivity contribution >= 4 is 6.29 Å². The van der Waals surface area contributed by atoms with Gasteiger partial charge in [-0.25, -0.2) is 0 Å². The van der Waals surface area contributed by atoms with Crippen LogP contribution in [-0.4, -0.2) is 16.1 Å². The standard InChI is InChI=1S/C10H11F3N2O/c11-10(12,13)9-8(3-4-16)6-15(14-9)5-7-1-2-7/h4,6-7H,1-3,5H2. The van der Waals surface area contributed by atoms with Gasteiger partial charge in [0.25, 0.3) is 0 Å². The van der Waals surface area contributed by atoms with Crippen molar-refractivity contribution in [3.05, 3.63) is 17.5 Å². The van der Waals surface area contributed by atoms with E-state index in [1.807, 2.05) is 0 Å². The zero-order valence-corrected chi connectivity index (χ0v) is 8.50. The maximum atomic E-state index is 12.5. The number of aldehydes is 1. The number of alkyl halides is 3. The van der Waals surface area contributed by atoms with E-state index in [4.69, 9.17) is 0 Å². The Morgan fingerprint density at radius 1 is 1.50 bits per heavy atom. The molecule has 2 rings (SSSR count). The summed E-state index contributed by atoms with van der Waals surface area (Å²) in [7, 11) is 0. The lowest BCUT2D eigenvalue weighted by atomic mass is 10.2. The van der Waals surface area contributed by atoms with E-state index in [0.29, 0.717) is 18.7 Å². The molecule has 0 N–H and O–H groups in total. The average molecular weight is 232 g/mol. The van der Waals surface area contributed by atoms with Crippen molar-refractivity contribution in [3.63, 3.8) is 0 Å². The van der Waals surface area contributed by atoms with Crippen LogP contribution in [0.25, 0.3) is 0 Å². The first-order valence-electron chi connectivity index (χ1n) is 5.08. The highest BCUT2D eigenvalue weighted by Gasteiger charge is 2.37. The van der Waals surface area contributed by atoms with Crippen LogP contribution in [0.5, 0.6) is 0 Å². The minimum absolute atomic E-state index is 0.0387. The van der Waals surface area contributed by atoms with Crippen LogP contribution in [0.2, 0.25) is 0 Å². The first-order chi connectivity index (χ1) is 7.50. The Hall–Kier alpha value is -1.33. The first kappa shape index (κ1) is 11.2. The molecule has 6 heteroatoms. The molecule has 1 aliphatic rings. The van der Waals surface area contributed by atoms with E-state index in [2.05, 4.69) is 5.10 Å². The summed E-state index contributed by atoms with van der Waals surface area (Å²) in [6.45, 7) is 0.516. The molecule has 16 heavy (non-hydrogen) atoms. The van der Waals surface area contributed by atoms with Crippen LogP contribution >= 0.6 is 0 Å². The molecular formula is C10H11F3N2O. The molecule has 1 fully saturated rings. The summed E-state index contributed by atoms with van der Waals surface area (Å²) < 4.78 is 38.9. The van der Waals surface area contributed by atoms with E-state index in [9.17, 15) is 18.0 Å². The van der Waals surface area contributed by atoms with Gasteiger partial charge in [-0.2, -0.15) is 18.3 Å². The lowest BCUT2D eigenvalue weighted by molar-refractivity contribution is -0.142. The zero-order valence-electron chi connectivity index (χ0n) is 8.50. The molecule has 0 spiro atoms. The van der Waals surface area contributed by atoms with Crippen LogP contribution < -0.4 is 0 Å². The predicted molar refractivity (Wildman–Crippen MR) is 49.7 cm³/mol. The Kier molecular flexibility index (Phi) is 2.73. The summed E-state index contributed by atoms with van der Waals surface area (Å²) in [5, 5.41) is 3.51. The van der Waals surface area contributed by atoms with E-state index in [1.165, 1.54) is 10.9 Å². The third-order valence-electron chi connectivity index (χ3n) is 2.55. The fourth-order valence-electron chi connectivity index (χ4n) is 1.60. The topological polar surface area (TPSA) is 34.9 Å². The number of aromatic nitrogens is 2. The van der Waals surface area contributed by atoms with Crippen LogP contribution in [0.1, 0.15) is 24.1 Å². The molecule has 1 aromatic rings. The summed E-state index contributed by atoms with van der Waals surface area (Å²) in [6, 6.07) is 0. The summed E-state index contributed by atoms with van der Waals surface area (Å²) in [5.41, 5.74) is -0.969. The Morgan fingerprint density at radius 3 is 2.69 bits per heavy atom. The van der Waals surface area contributed by atoms with Gasteiger partial charge in [-0.15, -0.1) is 0 Å². The number of halogens is 3. The normalized spacial score (nSPS) is 16.4. The van der Waals surface area contributed by atoms with Gasteiger partial charge >= 0.3 is 6.18 Å². The molecule has 0 unspecified atom stereocenters. The minimum Gasteiger partial charge on any atom is -0.303 e. The lowest BCUT2D eigenvalue weighted by Crippen LogP contribution is -2.10. The zero-order chi connectivity index (χ0) is 11.8. The number of nitrogens with zero attached hydrogens (tertiary/aromatic N) is 2. The van der Waals surface area contributed by atoms with Crippen LogP contribution in [0.3, 0.4) is 0 Å². The number of carbonyl (C=O) groups excluding carboxylic acids is 1. The molecule has 0 aromatic carbocycles. The summed E-state index contributed by atoms with van der Waals surface area (Å²) >= 11 is 0. The second-order valence-corrected chi connectivity index (χ2v) is 4.04. The molecule has 0 aliphatic heterocycles. The van der Waals surface area contributed by atoms with Crippen LogP contribution in [-0.2, 0) is 23.9 Å². The average Bonchev–Trinajstić information content (AvgIpc) is 2.86. The molecule has 3 nitrogen and oxygen atoms in total. The van der Waals surface area contributed by atoms with Gasteiger partial charge in [0, 0.05) is 24.7 Å². The summed E-state index contributed by atoms with van der Waals surface area (Å²) in [4.78, 5) is 10.3. The Labute approximate surface area is 90.2 Å². The molecule has 88 valence electrons. The molecule has 1 aromatic heterocycles. The van der Waals surface area contributed by atoms with Gasteiger partial charge in [-0.3, -0.25) is 4.68 Å². The molecule has 1 saturated carbocycles. The number of rotatable bonds is 4. The predicted octanol–water partition coefficient (Wildman–Crippen LogP) is 2.05. The van der Waals surface area contributed by atoms with Crippen LogP contribution in [0.4, 0.5) is 13.2 Å². The van der Waals surface area contributed by atoms with Gasteiger partial charge in [0.2, 0.25) is 0 Å². The number of carbonyl (C=O) groups is 1.